The van der Waals surface area contributed by atoms with Crippen LogP contribution in [0, 0.1) is 5.82 Å². The zero-order valence-electron chi connectivity index (χ0n) is 19.7. The number of hydrogen-bond acceptors (Lipinski definition) is 6. The van der Waals surface area contributed by atoms with Crippen molar-refractivity contribution < 1.29 is 27.2 Å². The number of imidazole rings is 1. The molecule has 4 heterocycles. The van der Waals surface area contributed by atoms with Gasteiger partial charge in [-0.3, -0.25) is 9.69 Å². The number of benzene rings is 1. The molecule has 0 radical (unpaired) electrons. The smallest absolute Gasteiger partial charge is 0.324 e. The van der Waals surface area contributed by atoms with Crippen molar-refractivity contribution in [2.24, 2.45) is 0 Å². The maximum Gasteiger partial charge on any atom is 0.324 e. The number of anilines is 1. The third-order valence-electron chi connectivity index (χ3n) is 6.05. The van der Waals surface area contributed by atoms with Gasteiger partial charge in [0.2, 0.25) is 11.8 Å². The number of fused-ring (bicyclic) bond motifs is 1. The van der Waals surface area contributed by atoms with Crippen molar-refractivity contribution in [2.75, 3.05) is 31.1 Å². The largest absolute Gasteiger partial charge is 0.415 e. The molecule has 13 heteroatoms. The van der Waals surface area contributed by atoms with Gasteiger partial charge >= 0.3 is 12.5 Å². The van der Waals surface area contributed by atoms with E-state index in [9.17, 15) is 22.8 Å². The Morgan fingerprint density at radius 2 is 1.84 bits per heavy atom. The molecule has 5 rings (SSSR count). The van der Waals surface area contributed by atoms with Crippen LogP contribution in [0.3, 0.4) is 0 Å². The van der Waals surface area contributed by atoms with Gasteiger partial charge in [-0.1, -0.05) is 6.07 Å². The molecule has 0 saturated carbocycles. The molecule has 3 aromatic heterocycles. The van der Waals surface area contributed by atoms with Gasteiger partial charge in [0.1, 0.15) is 11.5 Å². The Bertz CT molecular complexity index is 1450. The minimum Gasteiger partial charge on any atom is -0.415 e. The molecule has 0 bridgehead atoms. The maximum atomic E-state index is 14.1. The summed E-state index contributed by atoms with van der Waals surface area (Å²) < 4.78 is 46.4. The van der Waals surface area contributed by atoms with Crippen LogP contribution in [0.4, 0.5) is 23.7 Å². The number of rotatable bonds is 5. The number of urea groups is 1. The lowest BCUT2D eigenvalue weighted by Gasteiger charge is -2.37. The molecule has 1 aromatic carbocycles. The Morgan fingerprint density at radius 1 is 1.08 bits per heavy atom. The highest BCUT2D eigenvalue weighted by Gasteiger charge is 2.28. The monoisotopic (exact) mass is 513 g/mol. The lowest BCUT2D eigenvalue weighted by molar-refractivity contribution is -0.130. The number of alkyl halides is 2. The fraction of sp³-hybridized carbons (Fsp3) is 0.292. The molecule has 0 N–H and O–H groups in total. The standard InChI is InChI=1S/C24H22F3N7O3/c1-15(35)31-7-9-32(10-8-31)24(36)34(19-4-2-3-17(25)12-19)14-18-13-33-6-5-16(11-20(33)28-18)22-29-30-23(37-22)21(26)27/h2-6,11-13,21H,7-10,14H2,1H3. The van der Waals surface area contributed by atoms with Gasteiger partial charge in [0.05, 0.1) is 12.2 Å². The van der Waals surface area contributed by atoms with Crippen LogP contribution in [0.25, 0.3) is 17.1 Å². The summed E-state index contributed by atoms with van der Waals surface area (Å²) in [5.41, 5.74) is 1.74. The van der Waals surface area contributed by atoms with Crippen LogP contribution in [0.2, 0.25) is 0 Å². The Kier molecular flexibility index (Phi) is 6.51. The number of amides is 3. The molecule has 4 aromatic rings. The number of pyridine rings is 1. The first kappa shape index (κ1) is 24.3. The fourth-order valence-electron chi connectivity index (χ4n) is 4.14. The van der Waals surface area contributed by atoms with E-state index in [0.717, 1.165) is 0 Å². The molecule has 0 atom stereocenters. The zero-order chi connectivity index (χ0) is 26.1. The SMILES string of the molecule is CC(=O)N1CCN(C(=O)N(Cc2cn3ccc(-c4nnc(C(F)F)o4)cc3n2)c2cccc(F)c2)CC1. The van der Waals surface area contributed by atoms with Gasteiger partial charge in [0.25, 0.3) is 5.89 Å². The number of piperazine rings is 1. The van der Waals surface area contributed by atoms with E-state index in [4.69, 9.17) is 4.42 Å². The van der Waals surface area contributed by atoms with E-state index < -0.39 is 18.1 Å². The molecule has 1 saturated heterocycles. The van der Waals surface area contributed by atoms with Crippen molar-refractivity contribution in [3.8, 4) is 11.5 Å². The molecule has 0 unspecified atom stereocenters. The van der Waals surface area contributed by atoms with Crippen molar-refractivity contribution in [3.63, 3.8) is 0 Å². The fourth-order valence-corrected chi connectivity index (χ4v) is 4.14. The Balaban J connectivity index is 1.41. The van der Waals surface area contributed by atoms with Gasteiger partial charge in [0, 0.05) is 56.7 Å². The summed E-state index contributed by atoms with van der Waals surface area (Å²) in [5.74, 6) is -1.38. The average Bonchev–Trinajstić information content (AvgIpc) is 3.54. The molecule has 1 aliphatic rings. The summed E-state index contributed by atoms with van der Waals surface area (Å²) in [6.07, 6.45) is 0.493. The van der Waals surface area contributed by atoms with Crippen LogP contribution >= 0.6 is 0 Å². The molecule has 37 heavy (non-hydrogen) atoms. The molecule has 0 spiro atoms. The quantitative estimate of drug-likeness (QED) is 0.403. The van der Waals surface area contributed by atoms with Crippen molar-refractivity contribution in [3.05, 3.63) is 66.2 Å². The highest BCUT2D eigenvalue weighted by atomic mass is 19.3. The molecular weight excluding hydrogens is 491 g/mol. The predicted octanol–water partition coefficient (Wildman–Crippen LogP) is 3.75. The number of nitrogens with zero attached hydrogens (tertiary/aromatic N) is 7. The average molecular weight is 513 g/mol. The van der Waals surface area contributed by atoms with Gasteiger partial charge in [-0.15, -0.1) is 10.2 Å². The third-order valence-corrected chi connectivity index (χ3v) is 6.05. The number of aromatic nitrogens is 4. The third kappa shape index (κ3) is 5.10. The van der Waals surface area contributed by atoms with Crippen molar-refractivity contribution in [1.82, 2.24) is 29.4 Å². The van der Waals surface area contributed by atoms with Crippen molar-refractivity contribution in [2.45, 2.75) is 19.9 Å². The summed E-state index contributed by atoms with van der Waals surface area (Å²) in [4.78, 5) is 34.4. The summed E-state index contributed by atoms with van der Waals surface area (Å²) in [7, 11) is 0. The van der Waals surface area contributed by atoms with Crippen LogP contribution in [0.15, 0.2) is 53.2 Å². The lowest BCUT2D eigenvalue weighted by atomic mass is 10.2. The summed E-state index contributed by atoms with van der Waals surface area (Å²) >= 11 is 0. The molecule has 1 aliphatic heterocycles. The predicted molar refractivity (Wildman–Crippen MR) is 125 cm³/mol. The maximum absolute atomic E-state index is 14.1. The molecule has 1 fully saturated rings. The zero-order valence-corrected chi connectivity index (χ0v) is 19.7. The van der Waals surface area contributed by atoms with Crippen LogP contribution < -0.4 is 4.90 Å². The Morgan fingerprint density at radius 3 is 2.51 bits per heavy atom. The van der Waals surface area contributed by atoms with Gasteiger partial charge in [-0.2, -0.15) is 8.78 Å². The van der Waals surface area contributed by atoms with E-state index >= 15 is 0 Å². The normalized spacial score (nSPS) is 14.0. The van der Waals surface area contributed by atoms with Gasteiger partial charge < -0.3 is 18.6 Å². The minimum absolute atomic E-state index is 0.0440. The van der Waals surface area contributed by atoms with E-state index in [-0.39, 0.29) is 24.4 Å². The summed E-state index contributed by atoms with van der Waals surface area (Å²) in [5, 5.41) is 7.00. The van der Waals surface area contributed by atoms with Crippen molar-refractivity contribution in [1.29, 1.82) is 0 Å². The first-order chi connectivity index (χ1) is 17.8. The van der Waals surface area contributed by atoms with E-state index in [1.807, 2.05) is 0 Å². The molecular formula is C24H22F3N7O3. The van der Waals surface area contributed by atoms with Crippen LogP contribution in [-0.2, 0) is 11.3 Å². The lowest BCUT2D eigenvalue weighted by Crippen LogP contribution is -2.53. The van der Waals surface area contributed by atoms with E-state index in [0.29, 0.717) is 48.8 Å². The van der Waals surface area contributed by atoms with Gasteiger partial charge in [0.15, 0.2) is 0 Å². The highest BCUT2D eigenvalue weighted by Crippen LogP contribution is 2.25. The molecule has 0 aliphatic carbocycles. The van der Waals surface area contributed by atoms with Crippen molar-refractivity contribution >= 4 is 23.3 Å². The van der Waals surface area contributed by atoms with Gasteiger partial charge in [-0.05, 0) is 30.3 Å². The molecule has 10 nitrogen and oxygen atoms in total. The second-order valence-corrected chi connectivity index (χ2v) is 8.50. The molecule has 3 amide bonds. The Labute approximate surface area is 208 Å². The first-order valence-electron chi connectivity index (χ1n) is 11.5. The topological polar surface area (TPSA) is 100 Å². The second kappa shape index (κ2) is 9.91. The summed E-state index contributed by atoms with van der Waals surface area (Å²) in [6.45, 7) is 3.06. The van der Waals surface area contributed by atoms with Gasteiger partial charge in [-0.25, -0.2) is 14.2 Å². The van der Waals surface area contributed by atoms with E-state index in [1.165, 1.54) is 30.0 Å². The van der Waals surface area contributed by atoms with E-state index in [1.54, 1.807) is 44.8 Å². The second-order valence-electron chi connectivity index (χ2n) is 8.50. The molecule has 192 valence electrons. The summed E-state index contributed by atoms with van der Waals surface area (Å²) in [6, 6.07) is 8.60. The highest BCUT2D eigenvalue weighted by molar-refractivity contribution is 5.92. The number of hydrogen-bond donors (Lipinski definition) is 0. The van der Waals surface area contributed by atoms with Crippen LogP contribution in [0.5, 0.6) is 0 Å². The van der Waals surface area contributed by atoms with Crippen LogP contribution in [-0.4, -0.2) is 67.5 Å². The minimum atomic E-state index is -2.88. The number of halogens is 3. The van der Waals surface area contributed by atoms with Crippen LogP contribution in [0.1, 0.15) is 24.9 Å². The first-order valence-corrected chi connectivity index (χ1v) is 11.5. The number of carbonyl (C=O) groups excluding carboxylic acids is 2. The Hall–Kier alpha value is -4.42. The van der Waals surface area contributed by atoms with E-state index in [2.05, 4.69) is 15.2 Å². The number of carbonyl (C=O) groups is 2.